The van der Waals surface area contributed by atoms with Crippen molar-refractivity contribution >= 4 is 22.3 Å². The number of hydrogen-bond acceptors (Lipinski definition) is 8. The Bertz CT molecular complexity index is 991. The fraction of sp³-hybridized carbons (Fsp3) is 0.357. The van der Waals surface area contributed by atoms with E-state index in [1.165, 1.54) is 6.08 Å². The first kappa shape index (κ1) is 22.4. The third-order valence-corrected chi connectivity index (χ3v) is 4.56. The second kappa shape index (κ2) is 8.23. The average molecular weight is 422 g/mol. The second-order valence-corrected chi connectivity index (χ2v) is 7.01. The Hall–Kier alpha value is -1.90. The van der Waals surface area contributed by atoms with Crippen LogP contribution in [0.5, 0.6) is 5.75 Å². The fourth-order valence-corrected chi connectivity index (χ4v) is 3.27. The number of hydrogen-bond donors (Lipinski definition) is 3. The smallest absolute Gasteiger partial charge is 0.724 e. The van der Waals surface area contributed by atoms with E-state index in [9.17, 15) is 32.5 Å². The van der Waals surface area contributed by atoms with Gasteiger partial charge in [0.05, 0.1) is 13.1 Å². The predicted octanol–water partition coefficient (Wildman–Crippen LogP) is -4.47. The van der Waals surface area contributed by atoms with Crippen LogP contribution in [0.15, 0.2) is 28.7 Å². The van der Waals surface area contributed by atoms with E-state index < -0.39 is 45.6 Å². The molecule has 1 aromatic heterocycles. The van der Waals surface area contributed by atoms with Gasteiger partial charge in [-0.05, 0) is 12.5 Å². The number of carbonyl (C=O) groups is 2. The van der Waals surface area contributed by atoms with Gasteiger partial charge < -0.3 is 24.9 Å². The molecule has 1 fully saturated rings. The number of rotatable bonds is 5. The molecule has 2 aliphatic heterocycles. The molecule has 2 atom stereocenters. The summed E-state index contributed by atoms with van der Waals surface area (Å²) in [5.74, 6) is -1.04. The maximum Gasteiger partial charge on any atom is 1.00 e. The van der Waals surface area contributed by atoms with Gasteiger partial charge in [-0.25, -0.2) is 13.2 Å². The minimum absolute atomic E-state index is 0. The quantitative estimate of drug-likeness (QED) is 0.184. The molecule has 3 rings (SSSR count). The minimum Gasteiger partial charge on any atom is -0.724 e. The number of urea groups is 1. The van der Waals surface area contributed by atoms with Crippen molar-refractivity contribution in [2.24, 2.45) is 0 Å². The first-order chi connectivity index (χ1) is 12.6. The summed E-state index contributed by atoms with van der Waals surface area (Å²) in [7, 11) is -5.15. The first-order valence-electron chi connectivity index (χ1n) is 7.68. The van der Waals surface area contributed by atoms with Gasteiger partial charge in [-0.1, -0.05) is 6.08 Å². The summed E-state index contributed by atoms with van der Waals surface area (Å²) in [5.41, 5.74) is 0.199. The molecule has 0 aromatic carbocycles. The average Bonchev–Trinajstić information content (AvgIpc) is 2.84. The van der Waals surface area contributed by atoms with E-state index in [4.69, 9.17) is 0 Å². The van der Waals surface area contributed by atoms with Crippen molar-refractivity contribution in [1.82, 2.24) is 20.3 Å². The monoisotopic (exact) mass is 422 g/mol. The number of fused-ring (bicyclic) bond motifs is 2. The van der Waals surface area contributed by atoms with Crippen LogP contribution in [0.1, 0.15) is 12.6 Å². The van der Waals surface area contributed by atoms with E-state index in [0.717, 1.165) is 17.2 Å². The van der Waals surface area contributed by atoms with Gasteiger partial charge >= 0.3 is 35.6 Å². The molecule has 14 heteroatoms. The Balaban J connectivity index is 0.00000280. The Kier molecular flexibility index (Phi) is 6.58. The van der Waals surface area contributed by atoms with Crippen molar-refractivity contribution in [3.05, 3.63) is 39.8 Å². The maximum absolute atomic E-state index is 12.5. The molecule has 0 radical (unpaired) electrons. The summed E-state index contributed by atoms with van der Waals surface area (Å²) in [6.07, 6.45) is 2.55. The molecule has 0 unspecified atom stereocenters. The molecule has 1 aromatic rings. The van der Waals surface area contributed by atoms with Gasteiger partial charge in [0.2, 0.25) is 21.7 Å². The fourth-order valence-electron chi connectivity index (χ4n) is 2.90. The Morgan fingerprint density at radius 2 is 2.14 bits per heavy atom. The molecule has 1 saturated heterocycles. The zero-order valence-corrected chi connectivity index (χ0v) is 17.7. The van der Waals surface area contributed by atoms with Gasteiger partial charge in [0.1, 0.15) is 12.1 Å². The molecule has 2 aliphatic rings. The SMILES string of the molecule is CC1=C[C@@H](C(=O)NCc2cc(=O)c(O)c[nH]2)N2C[C@H]1N(OS(=O)(=O)[O-])C2=O.[Na+]. The number of amides is 3. The Morgan fingerprint density at radius 3 is 2.75 bits per heavy atom. The van der Waals surface area contributed by atoms with Crippen molar-refractivity contribution in [2.45, 2.75) is 25.6 Å². The molecule has 146 valence electrons. The van der Waals surface area contributed by atoms with Gasteiger partial charge in [-0.3, -0.25) is 9.59 Å². The number of nitrogens with zero attached hydrogens (tertiary/aromatic N) is 2. The van der Waals surface area contributed by atoms with Crippen LogP contribution in [-0.2, 0) is 26.0 Å². The van der Waals surface area contributed by atoms with E-state index >= 15 is 0 Å². The van der Waals surface area contributed by atoms with Crippen molar-refractivity contribution < 1.29 is 61.5 Å². The molecule has 3 amide bonds. The van der Waals surface area contributed by atoms with Crippen LogP contribution in [-0.4, -0.2) is 63.6 Å². The molecule has 12 nitrogen and oxygen atoms in total. The number of H-pyrrole nitrogens is 1. The Morgan fingerprint density at radius 1 is 1.46 bits per heavy atom. The van der Waals surface area contributed by atoms with E-state index in [2.05, 4.69) is 14.6 Å². The van der Waals surface area contributed by atoms with Crippen LogP contribution < -0.4 is 40.3 Å². The van der Waals surface area contributed by atoms with Crippen molar-refractivity contribution in [3.63, 3.8) is 0 Å². The minimum atomic E-state index is -5.15. The van der Waals surface area contributed by atoms with Crippen LogP contribution in [0.4, 0.5) is 4.79 Å². The first-order valence-corrected chi connectivity index (χ1v) is 9.02. The molecule has 0 saturated carbocycles. The zero-order valence-electron chi connectivity index (χ0n) is 14.9. The van der Waals surface area contributed by atoms with E-state index in [1.807, 2.05) is 0 Å². The molecule has 2 bridgehead atoms. The molecule has 3 heterocycles. The summed E-state index contributed by atoms with van der Waals surface area (Å²) in [6, 6.07) is -1.64. The Labute approximate surface area is 181 Å². The molecular weight excluding hydrogens is 407 g/mol. The number of aromatic nitrogens is 1. The summed E-state index contributed by atoms with van der Waals surface area (Å²) in [6.45, 7) is 1.48. The van der Waals surface area contributed by atoms with Crippen molar-refractivity contribution in [2.75, 3.05) is 6.54 Å². The zero-order chi connectivity index (χ0) is 19.9. The number of nitrogens with one attached hydrogen (secondary N) is 2. The van der Waals surface area contributed by atoms with Gasteiger partial charge in [-0.15, -0.1) is 0 Å². The summed E-state index contributed by atoms with van der Waals surface area (Å²) < 4.78 is 36.7. The number of aromatic hydroxyl groups is 1. The standard InChI is InChI=1S/C14H16N4O8S.Na/c1-7-2-9(13(21)16-4-8-3-11(19)12(20)5-15-8)17-6-10(7)18(14(17)22)26-27(23,24)25;/h2-3,5,9-10,20H,4,6H2,1H3,(H,15,19)(H,16,21)(H,23,24,25);/q;+1/p-1/t9-,10+;/m0./s1. The largest absolute Gasteiger partial charge is 1.00 e. The van der Waals surface area contributed by atoms with Crippen LogP contribution in [0.2, 0.25) is 0 Å². The molecule has 0 spiro atoms. The van der Waals surface area contributed by atoms with Crippen LogP contribution >= 0.6 is 0 Å². The van der Waals surface area contributed by atoms with E-state index in [0.29, 0.717) is 16.3 Å². The predicted molar refractivity (Wildman–Crippen MR) is 86.6 cm³/mol. The number of pyridine rings is 1. The summed E-state index contributed by atoms with van der Waals surface area (Å²) in [4.78, 5) is 39.9. The van der Waals surface area contributed by atoms with Crippen molar-refractivity contribution in [3.8, 4) is 5.75 Å². The molecule has 28 heavy (non-hydrogen) atoms. The second-order valence-electron chi connectivity index (χ2n) is 6.04. The topological polar surface area (TPSA) is 172 Å². The van der Waals surface area contributed by atoms with Crippen LogP contribution in [0.25, 0.3) is 0 Å². The maximum atomic E-state index is 12.5. The summed E-state index contributed by atoms with van der Waals surface area (Å²) in [5, 5.41) is 12.2. The number of hydroxylamine groups is 2. The number of carbonyl (C=O) groups excluding carboxylic acids is 2. The van der Waals surface area contributed by atoms with Crippen LogP contribution in [0, 0.1) is 0 Å². The molecule has 0 aliphatic carbocycles. The van der Waals surface area contributed by atoms with E-state index in [1.54, 1.807) is 6.92 Å². The van der Waals surface area contributed by atoms with Crippen molar-refractivity contribution in [1.29, 1.82) is 0 Å². The molecule has 3 N–H and O–H groups in total. The third kappa shape index (κ3) is 4.56. The third-order valence-electron chi connectivity index (χ3n) is 4.21. The molecular formula is C14H15N4NaO8S. The number of aromatic amines is 1. The van der Waals surface area contributed by atoms with Gasteiger partial charge in [0.25, 0.3) is 0 Å². The van der Waals surface area contributed by atoms with E-state index in [-0.39, 0.29) is 42.6 Å². The van der Waals surface area contributed by atoms with Gasteiger partial charge in [0.15, 0.2) is 5.75 Å². The van der Waals surface area contributed by atoms with Gasteiger partial charge in [0, 0.05) is 18.0 Å². The van der Waals surface area contributed by atoms with Crippen LogP contribution in [0.3, 0.4) is 0 Å². The summed E-state index contributed by atoms with van der Waals surface area (Å²) >= 11 is 0. The van der Waals surface area contributed by atoms with Gasteiger partial charge in [-0.2, -0.15) is 9.35 Å². The normalized spacial score (nSPS) is 21.2.